The lowest BCUT2D eigenvalue weighted by Crippen LogP contribution is -2.42. The summed E-state index contributed by atoms with van der Waals surface area (Å²) < 4.78 is 0. The number of phenolic OH excluding ortho intramolecular Hbond substituents is 1. The molecule has 0 fully saturated rings. The van der Waals surface area contributed by atoms with Gasteiger partial charge in [-0.1, -0.05) is 12.1 Å². The first-order valence-electron chi connectivity index (χ1n) is 6.10. The first kappa shape index (κ1) is 14.5. The Balaban J connectivity index is 2.68. The first-order chi connectivity index (χ1) is 8.31. The van der Waals surface area contributed by atoms with Crippen LogP contribution >= 0.6 is 0 Å². The lowest BCUT2D eigenvalue weighted by molar-refractivity contribution is -0.133. The average Bonchev–Trinajstić information content (AvgIpc) is 2.24. The van der Waals surface area contributed by atoms with Crippen molar-refractivity contribution in [2.45, 2.75) is 32.8 Å². The highest BCUT2D eigenvalue weighted by Gasteiger charge is 2.21. The Morgan fingerprint density at radius 3 is 2.56 bits per heavy atom. The minimum atomic E-state index is -0.898. The number of likely N-dealkylation sites (N-methyl/N-ethyl adjacent to an activating group) is 1. The van der Waals surface area contributed by atoms with E-state index in [1.807, 2.05) is 6.92 Å². The normalized spacial score (nSPS) is 11.3. The van der Waals surface area contributed by atoms with Gasteiger partial charge in [0.2, 0.25) is 5.91 Å². The van der Waals surface area contributed by atoms with Gasteiger partial charge in [-0.25, -0.2) is 0 Å². The third-order valence-corrected chi connectivity index (χ3v) is 2.58. The molecule has 1 aromatic rings. The van der Waals surface area contributed by atoms with Crippen LogP contribution in [0.4, 0.5) is 0 Å². The summed E-state index contributed by atoms with van der Waals surface area (Å²) in [6.45, 7) is 6.10. The van der Waals surface area contributed by atoms with Gasteiger partial charge in [0, 0.05) is 13.1 Å². The molecule has 100 valence electrons. The molecule has 2 N–H and O–H groups in total. The fourth-order valence-corrected chi connectivity index (χ4v) is 1.80. The van der Waals surface area contributed by atoms with Gasteiger partial charge in [0.1, 0.15) is 5.75 Å². The largest absolute Gasteiger partial charge is 0.508 e. The molecular formula is C14H21NO3. The molecule has 0 saturated carbocycles. The summed E-state index contributed by atoms with van der Waals surface area (Å²) >= 11 is 0. The van der Waals surface area contributed by atoms with Crippen LogP contribution < -0.4 is 0 Å². The average molecular weight is 251 g/mol. The summed E-state index contributed by atoms with van der Waals surface area (Å²) in [5, 5.41) is 19.1. The van der Waals surface area contributed by atoms with E-state index >= 15 is 0 Å². The highest BCUT2D eigenvalue weighted by Crippen LogP contribution is 2.13. The molecule has 0 aliphatic rings. The van der Waals surface area contributed by atoms with Crippen molar-refractivity contribution in [2.75, 3.05) is 13.1 Å². The summed E-state index contributed by atoms with van der Waals surface area (Å²) in [6, 6.07) is 6.66. The number of hydrogen-bond acceptors (Lipinski definition) is 3. The van der Waals surface area contributed by atoms with E-state index in [1.165, 1.54) is 0 Å². The number of aromatic hydroxyl groups is 1. The van der Waals surface area contributed by atoms with Gasteiger partial charge in [-0.05, 0) is 38.5 Å². The quantitative estimate of drug-likeness (QED) is 0.834. The number of phenols is 1. The Bertz CT molecular complexity index is 410. The van der Waals surface area contributed by atoms with E-state index in [2.05, 4.69) is 0 Å². The standard InChI is InChI=1S/C14H21NO3/c1-4-15(10-14(2,3)18)13(17)9-11-6-5-7-12(16)8-11/h5-8,16,18H,4,9-10H2,1-3H3. The number of aliphatic hydroxyl groups is 1. The van der Waals surface area contributed by atoms with Gasteiger partial charge in [0.25, 0.3) is 0 Å². The van der Waals surface area contributed by atoms with Crippen LogP contribution in [0, 0.1) is 0 Å². The smallest absolute Gasteiger partial charge is 0.227 e. The Hall–Kier alpha value is -1.55. The fraction of sp³-hybridized carbons (Fsp3) is 0.500. The van der Waals surface area contributed by atoms with Gasteiger partial charge in [0.05, 0.1) is 12.0 Å². The number of carbonyl (C=O) groups is 1. The SMILES string of the molecule is CCN(CC(C)(C)O)C(=O)Cc1cccc(O)c1. The number of rotatable bonds is 5. The maximum atomic E-state index is 12.1. The zero-order chi connectivity index (χ0) is 13.8. The third-order valence-electron chi connectivity index (χ3n) is 2.58. The van der Waals surface area contributed by atoms with E-state index in [4.69, 9.17) is 0 Å². The molecule has 0 aromatic heterocycles. The van der Waals surface area contributed by atoms with Crippen LogP contribution in [0.2, 0.25) is 0 Å². The van der Waals surface area contributed by atoms with Crippen LogP contribution in [0.15, 0.2) is 24.3 Å². The Morgan fingerprint density at radius 1 is 1.39 bits per heavy atom. The van der Waals surface area contributed by atoms with Crippen molar-refractivity contribution in [3.8, 4) is 5.75 Å². The van der Waals surface area contributed by atoms with Crippen molar-refractivity contribution in [1.82, 2.24) is 4.90 Å². The van der Waals surface area contributed by atoms with Gasteiger partial charge in [0.15, 0.2) is 0 Å². The molecule has 1 aromatic carbocycles. The van der Waals surface area contributed by atoms with Crippen molar-refractivity contribution < 1.29 is 15.0 Å². The molecule has 0 radical (unpaired) electrons. The Labute approximate surface area is 108 Å². The van der Waals surface area contributed by atoms with Gasteiger partial charge in [-0.15, -0.1) is 0 Å². The highest BCUT2D eigenvalue weighted by molar-refractivity contribution is 5.79. The van der Waals surface area contributed by atoms with Crippen LogP contribution in [0.1, 0.15) is 26.3 Å². The molecule has 4 nitrogen and oxygen atoms in total. The summed E-state index contributed by atoms with van der Waals surface area (Å²) in [4.78, 5) is 13.7. The molecule has 1 rings (SSSR count). The predicted octanol–water partition coefficient (Wildman–Crippen LogP) is 1.55. The maximum Gasteiger partial charge on any atom is 0.227 e. The van der Waals surface area contributed by atoms with Crippen molar-refractivity contribution in [2.24, 2.45) is 0 Å². The highest BCUT2D eigenvalue weighted by atomic mass is 16.3. The van der Waals surface area contributed by atoms with Crippen LogP contribution in [0.5, 0.6) is 5.75 Å². The second-order valence-corrected chi connectivity index (χ2v) is 5.07. The topological polar surface area (TPSA) is 60.8 Å². The summed E-state index contributed by atoms with van der Waals surface area (Å²) in [5.74, 6) is 0.107. The summed E-state index contributed by atoms with van der Waals surface area (Å²) in [6.07, 6.45) is 0.234. The minimum absolute atomic E-state index is 0.0507. The number of nitrogens with zero attached hydrogens (tertiary/aromatic N) is 1. The second kappa shape index (κ2) is 5.87. The van der Waals surface area contributed by atoms with Gasteiger partial charge < -0.3 is 15.1 Å². The lowest BCUT2D eigenvalue weighted by Gasteiger charge is -2.28. The van der Waals surface area contributed by atoms with E-state index in [0.717, 1.165) is 5.56 Å². The van der Waals surface area contributed by atoms with Crippen molar-refractivity contribution in [1.29, 1.82) is 0 Å². The molecule has 0 aliphatic heterocycles. The van der Waals surface area contributed by atoms with Gasteiger partial charge in [-0.3, -0.25) is 4.79 Å². The molecule has 0 heterocycles. The van der Waals surface area contributed by atoms with Crippen LogP contribution in [0.3, 0.4) is 0 Å². The van der Waals surface area contributed by atoms with Crippen molar-refractivity contribution >= 4 is 5.91 Å². The summed E-state index contributed by atoms with van der Waals surface area (Å²) in [5.41, 5.74) is -0.126. The molecule has 18 heavy (non-hydrogen) atoms. The van der Waals surface area contributed by atoms with Gasteiger partial charge >= 0.3 is 0 Å². The molecule has 4 heteroatoms. The van der Waals surface area contributed by atoms with Crippen molar-refractivity contribution in [3.05, 3.63) is 29.8 Å². The summed E-state index contributed by atoms with van der Waals surface area (Å²) in [7, 11) is 0. The number of carbonyl (C=O) groups excluding carboxylic acids is 1. The maximum absolute atomic E-state index is 12.1. The van der Waals surface area contributed by atoms with E-state index in [1.54, 1.807) is 43.0 Å². The van der Waals surface area contributed by atoms with E-state index in [9.17, 15) is 15.0 Å². The minimum Gasteiger partial charge on any atom is -0.508 e. The van der Waals surface area contributed by atoms with E-state index in [-0.39, 0.29) is 18.1 Å². The molecule has 0 bridgehead atoms. The zero-order valence-corrected chi connectivity index (χ0v) is 11.2. The van der Waals surface area contributed by atoms with Crippen LogP contribution in [0.25, 0.3) is 0 Å². The molecule has 0 atom stereocenters. The zero-order valence-electron chi connectivity index (χ0n) is 11.2. The third kappa shape index (κ3) is 4.75. The lowest BCUT2D eigenvalue weighted by atomic mass is 10.1. The number of benzene rings is 1. The number of amides is 1. The predicted molar refractivity (Wildman–Crippen MR) is 70.4 cm³/mol. The van der Waals surface area contributed by atoms with Crippen LogP contribution in [-0.2, 0) is 11.2 Å². The second-order valence-electron chi connectivity index (χ2n) is 5.07. The van der Waals surface area contributed by atoms with Crippen LogP contribution in [-0.4, -0.2) is 39.7 Å². The van der Waals surface area contributed by atoms with Gasteiger partial charge in [-0.2, -0.15) is 0 Å². The Morgan fingerprint density at radius 2 is 2.06 bits per heavy atom. The fourth-order valence-electron chi connectivity index (χ4n) is 1.80. The molecule has 0 saturated heterocycles. The van der Waals surface area contributed by atoms with E-state index < -0.39 is 5.60 Å². The molecule has 1 amide bonds. The Kier molecular flexibility index (Phi) is 4.73. The monoisotopic (exact) mass is 251 g/mol. The molecule has 0 unspecified atom stereocenters. The first-order valence-corrected chi connectivity index (χ1v) is 6.10. The van der Waals surface area contributed by atoms with Crippen molar-refractivity contribution in [3.63, 3.8) is 0 Å². The molecule has 0 aliphatic carbocycles. The molecule has 0 spiro atoms. The molecular weight excluding hydrogens is 230 g/mol. The number of hydrogen-bond donors (Lipinski definition) is 2. The van der Waals surface area contributed by atoms with E-state index in [0.29, 0.717) is 13.1 Å².